The summed E-state index contributed by atoms with van der Waals surface area (Å²) in [4.78, 5) is 2.16. The van der Waals surface area contributed by atoms with Gasteiger partial charge in [-0.1, -0.05) is 25.1 Å². The predicted octanol–water partition coefficient (Wildman–Crippen LogP) is 2.68. The van der Waals surface area contributed by atoms with Crippen molar-refractivity contribution in [2.24, 2.45) is 5.92 Å². The van der Waals surface area contributed by atoms with Gasteiger partial charge in [0, 0.05) is 18.7 Å². The first kappa shape index (κ1) is 13.5. The molecule has 0 aliphatic rings. The number of hydrogen-bond acceptors (Lipinski definition) is 3. The maximum atomic E-state index is 8.94. The second-order valence-corrected chi connectivity index (χ2v) is 4.24. The highest BCUT2D eigenvalue weighted by Gasteiger charge is 2.10. The Morgan fingerprint density at radius 1 is 1.41 bits per heavy atom. The molecular weight excluding hydrogens is 212 g/mol. The molecule has 0 bridgehead atoms. The molecule has 0 aliphatic heterocycles. The van der Waals surface area contributed by atoms with Gasteiger partial charge >= 0.3 is 0 Å². The standard InChI is InChI=1S/C14H20N2O/c1-4-12(9-15)10-16(2)11-13-7-5-6-8-14(13)17-3/h5-8,12H,4,10-11H2,1-3H3. The van der Waals surface area contributed by atoms with Crippen molar-refractivity contribution < 1.29 is 4.74 Å². The van der Waals surface area contributed by atoms with Crippen LogP contribution in [0.5, 0.6) is 5.75 Å². The van der Waals surface area contributed by atoms with Crippen LogP contribution in [0.3, 0.4) is 0 Å². The lowest BCUT2D eigenvalue weighted by Crippen LogP contribution is -2.24. The predicted molar refractivity (Wildman–Crippen MR) is 68.7 cm³/mol. The Morgan fingerprint density at radius 2 is 2.12 bits per heavy atom. The molecule has 3 nitrogen and oxygen atoms in total. The zero-order valence-electron chi connectivity index (χ0n) is 10.8. The zero-order valence-corrected chi connectivity index (χ0v) is 10.8. The van der Waals surface area contributed by atoms with Crippen molar-refractivity contribution in [2.75, 3.05) is 20.7 Å². The van der Waals surface area contributed by atoms with Crippen LogP contribution in [0.1, 0.15) is 18.9 Å². The Kier molecular flexibility index (Phi) is 5.51. The second-order valence-electron chi connectivity index (χ2n) is 4.24. The van der Waals surface area contributed by atoms with Crippen molar-refractivity contribution in [3.63, 3.8) is 0 Å². The van der Waals surface area contributed by atoms with Gasteiger partial charge in [-0.2, -0.15) is 5.26 Å². The van der Waals surface area contributed by atoms with Gasteiger partial charge in [-0.15, -0.1) is 0 Å². The lowest BCUT2D eigenvalue weighted by atomic mass is 10.1. The topological polar surface area (TPSA) is 36.3 Å². The molecule has 0 heterocycles. The molecule has 92 valence electrons. The minimum atomic E-state index is 0.106. The van der Waals surface area contributed by atoms with E-state index in [-0.39, 0.29) is 5.92 Å². The van der Waals surface area contributed by atoms with E-state index in [2.05, 4.69) is 17.0 Å². The summed E-state index contributed by atoms with van der Waals surface area (Å²) in [5, 5.41) is 8.94. The van der Waals surface area contributed by atoms with Gasteiger partial charge in [0.1, 0.15) is 5.75 Å². The van der Waals surface area contributed by atoms with E-state index in [0.29, 0.717) is 0 Å². The van der Waals surface area contributed by atoms with Gasteiger partial charge in [-0.3, -0.25) is 0 Å². The maximum absolute atomic E-state index is 8.94. The summed E-state index contributed by atoms with van der Waals surface area (Å²) in [5.74, 6) is 1.01. The third-order valence-corrected chi connectivity index (χ3v) is 2.84. The van der Waals surface area contributed by atoms with Gasteiger partial charge in [-0.25, -0.2) is 0 Å². The highest BCUT2D eigenvalue weighted by molar-refractivity contribution is 5.33. The molecule has 0 amide bonds. The van der Waals surface area contributed by atoms with Crippen LogP contribution in [-0.2, 0) is 6.54 Å². The van der Waals surface area contributed by atoms with Gasteiger partial charge in [-0.05, 0) is 19.5 Å². The minimum Gasteiger partial charge on any atom is -0.496 e. The molecule has 1 unspecified atom stereocenters. The quantitative estimate of drug-likeness (QED) is 0.756. The number of ether oxygens (including phenoxy) is 1. The molecule has 1 aromatic rings. The van der Waals surface area contributed by atoms with Gasteiger partial charge < -0.3 is 9.64 Å². The third kappa shape index (κ3) is 4.08. The smallest absolute Gasteiger partial charge is 0.123 e. The molecule has 0 N–H and O–H groups in total. The average Bonchev–Trinajstić information content (AvgIpc) is 2.36. The summed E-state index contributed by atoms with van der Waals surface area (Å²) in [7, 11) is 3.72. The number of hydrogen-bond donors (Lipinski definition) is 0. The minimum absolute atomic E-state index is 0.106. The lowest BCUT2D eigenvalue weighted by Gasteiger charge is -2.20. The van der Waals surface area contributed by atoms with Crippen molar-refractivity contribution in [2.45, 2.75) is 19.9 Å². The number of para-hydroxylation sites is 1. The van der Waals surface area contributed by atoms with Crippen LogP contribution in [0, 0.1) is 17.2 Å². The number of methoxy groups -OCH3 is 1. The van der Waals surface area contributed by atoms with Crippen LogP contribution >= 0.6 is 0 Å². The van der Waals surface area contributed by atoms with Crippen LogP contribution in [-0.4, -0.2) is 25.6 Å². The summed E-state index contributed by atoms with van der Waals surface area (Å²) in [6, 6.07) is 10.3. The largest absolute Gasteiger partial charge is 0.496 e. The fourth-order valence-electron chi connectivity index (χ4n) is 1.83. The van der Waals surface area contributed by atoms with Crippen LogP contribution < -0.4 is 4.74 Å². The molecule has 0 saturated carbocycles. The van der Waals surface area contributed by atoms with Gasteiger partial charge in [0.05, 0.1) is 19.1 Å². The highest BCUT2D eigenvalue weighted by Crippen LogP contribution is 2.19. The Morgan fingerprint density at radius 3 is 2.71 bits per heavy atom. The zero-order chi connectivity index (χ0) is 12.7. The summed E-state index contributed by atoms with van der Waals surface area (Å²) in [6.07, 6.45) is 0.896. The van der Waals surface area contributed by atoms with Crippen molar-refractivity contribution in [1.29, 1.82) is 5.26 Å². The van der Waals surface area contributed by atoms with E-state index in [0.717, 1.165) is 30.8 Å². The van der Waals surface area contributed by atoms with Crippen LogP contribution in [0.25, 0.3) is 0 Å². The molecular formula is C14H20N2O. The molecule has 0 saturated heterocycles. The molecule has 0 radical (unpaired) electrons. The number of benzene rings is 1. The molecule has 0 fully saturated rings. The first-order chi connectivity index (χ1) is 8.21. The molecule has 0 spiro atoms. The van der Waals surface area contributed by atoms with Crippen molar-refractivity contribution in [3.05, 3.63) is 29.8 Å². The van der Waals surface area contributed by atoms with E-state index >= 15 is 0 Å². The van der Waals surface area contributed by atoms with E-state index < -0.39 is 0 Å². The SMILES string of the molecule is CCC(C#N)CN(C)Cc1ccccc1OC. The third-order valence-electron chi connectivity index (χ3n) is 2.84. The van der Waals surface area contributed by atoms with E-state index in [1.165, 1.54) is 0 Å². The lowest BCUT2D eigenvalue weighted by molar-refractivity contribution is 0.286. The molecule has 1 aromatic carbocycles. The Hall–Kier alpha value is -1.53. The first-order valence-electron chi connectivity index (χ1n) is 5.91. The second kappa shape index (κ2) is 6.93. The number of nitriles is 1. The molecule has 1 atom stereocenters. The number of rotatable bonds is 6. The van der Waals surface area contributed by atoms with E-state index in [1.807, 2.05) is 32.2 Å². The molecule has 1 rings (SSSR count). The van der Waals surface area contributed by atoms with E-state index in [1.54, 1.807) is 7.11 Å². The van der Waals surface area contributed by atoms with E-state index in [4.69, 9.17) is 10.00 Å². The van der Waals surface area contributed by atoms with Crippen molar-refractivity contribution in [3.8, 4) is 11.8 Å². The fourth-order valence-corrected chi connectivity index (χ4v) is 1.83. The summed E-state index contributed by atoms with van der Waals surface area (Å²) >= 11 is 0. The normalized spacial score (nSPS) is 12.2. The Labute approximate surface area is 104 Å². The monoisotopic (exact) mass is 232 g/mol. The van der Waals surface area contributed by atoms with E-state index in [9.17, 15) is 0 Å². The summed E-state index contributed by atoms with van der Waals surface area (Å²) in [5.41, 5.74) is 1.16. The number of nitrogens with zero attached hydrogens (tertiary/aromatic N) is 2. The van der Waals surface area contributed by atoms with Crippen molar-refractivity contribution in [1.82, 2.24) is 4.90 Å². The van der Waals surface area contributed by atoms with Gasteiger partial charge in [0.15, 0.2) is 0 Å². The van der Waals surface area contributed by atoms with Crippen LogP contribution in [0.4, 0.5) is 0 Å². The fraction of sp³-hybridized carbons (Fsp3) is 0.500. The first-order valence-corrected chi connectivity index (χ1v) is 5.91. The molecule has 0 aromatic heterocycles. The van der Waals surface area contributed by atoms with Crippen LogP contribution in [0.15, 0.2) is 24.3 Å². The average molecular weight is 232 g/mol. The Balaban J connectivity index is 2.62. The van der Waals surface area contributed by atoms with Gasteiger partial charge in [0.25, 0.3) is 0 Å². The van der Waals surface area contributed by atoms with Gasteiger partial charge in [0.2, 0.25) is 0 Å². The summed E-state index contributed by atoms with van der Waals surface area (Å²) in [6.45, 7) is 3.65. The summed E-state index contributed by atoms with van der Waals surface area (Å²) < 4.78 is 5.31. The van der Waals surface area contributed by atoms with Crippen molar-refractivity contribution >= 4 is 0 Å². The molecule has 0 aliphatic carbocycles. The highest BCUT2D eigenvalue weighted by atomic mass is 16.5. The maximum Gasteiger partial charge on any atom is 0.123 e. The van der Waals surface area contributed by atoms with Crippen LogP contribution in [0.2, 0.25) is 0 Å². The molecule has 17 heavy (non-hydrogen) atoms. The Bertz CT molecular complexity index is 384. The molecule has 3 heteroatoms.